The molecule has 1 aliphatic carbocycles. The van der Waals surface area contributed by atoms with Crippen LogP contribution >= 0.6 is 0 Å². The molecular formula is C15H22N4O4. The van der Waals surface area contributed by atoms with Crippen molar-refractivity contribution in [3.05, 3.63) is 0 Å². The Balaban J connectivity index is 1.64. The molecule has 0 bridgehead atoms. The highest BCUT2D eigenvalue weighted by Crippen LogP contribution is 2.33. The molecule has 0 aromatic rings. The maximum atomic E-state index is 12.6. The molecule has 3 N–H and O–H groups in total. The first-order valence-corrected chi connectivity index (χ1v) is 8.14. The van der Waals surface area contributed by atoms with Crippen molar-refractivity contribution in [2.75, 3.05) is 19.6 Å². The van der Waals surface area contributed by atoms with E-state index in [0.29, 0.717) is 25.8 Å². The Labute approximate surface area is 134 Å². The van der Waals surface area contributed by atoms with E-state index in [4.69, 9.17) is 5.73 Å². The second-order valence-corrected chi connectivity index (χ2v) is 6.69. The Kier molecular flexibility index (Phi) is 3.99. The summed E-state index contributed by atoms with van der Waals surface area (Å²) in [5, 5.41) is 2.78. The van der Waals surface area contributed by atoms with Crippen molar-refractivity contribution in [1.82, 2.24) is 15.1 Å². The Bertz CT molecular complexity index is 556. The number of imide groups is 1. The van der Waals surface area contributed by atoms with Gasteiger partial charge in [0.05, 0.1) is 5.92 Å². The quantitative estimate of drug-likeness (QED) is 0.687. The number of carbonyl (C=O) groups is 4. The van der Waals surface area contributed by atoms with E-state index in [1.165, 1.54) is 4.90 Å². The summed E-state index contributed by atoms with van der Waals surface area (Å²) in [6, 6.07) is -0.490. The minimum Gasteiger partial charge on any atom is -0.369 e. The Morgan fingerprint density at radius 1 is 1.22 bits per heavy atom. The second kappa shape index (κ2) is 5.82. The molecule has 0 aromatic heterocycles. The van der Waals surface area contributed by atoms with E-state index in [-0.39, 0.29) is 30.8 Å². The van der Waals surface area contributed by atoms with Gasteiger partial charge in [-0.25, -0.2) is 4.79 Å². The molecule has 2 aliphatic heterocycles. The number of rotatable bonds is 3. The molecule has 8 nitrogen and oxygen atoms in total. The first-order valence-electron chi connectivity index (χ1n) is 8.14. The molecule has 3 fully saturated rings. The summed E-state index contributed by atoms with van der Waals surface area (Å²) in [5.41, 5.74) is 4.45. The molecule has 3 rings (SSSR count). The van der Waals surface area contributed by atoms with Gasteiger partial charge in [0.2, 0.25) is 11.8 Å². The molecule has 2 heterocycles. The SMILES string of the molecule is NC(=O)[C@H]1CCN(C(=O)CN2C(=O)NC3(CCCCC3)C2=O)C1. The summed E-state index contributed by atoms with van der Waals surface area (Å²) in [6.45, 7) is 0.433. The number of hydrogen-bond acceptors (Lipinski definition) is 4. The van der Waals surface area contributed by atoms with Crippen molar-refractivity contribution in [3.8, 4) is 0 Å². The summed E-state index contributed by atoms with van der Waals surface area (Å²) in [6.07, 6.45) is 4.67. The van der Waals surface area contributed by atoms with Gasteiger partial charge in [-0.15, -0.1) is 0 Å². The first-order chi connectivity index (χ1) is 10.9. The fourth-order valence-corrected chi connectivity index (χ4v) is 3.77. The number of nitrogens with zero attached hydrogens (tertiary/aromatic N) is 2. The van der Waals surface area contributed by atoms with E-state index in [9.17, 15) is 19.2 Å². The summed E-state index contributed by atoms with van der Waals surface area (Å²) < 4.78 is 0. The van der Waals surface area contributed by atoms with Crippen molar-refractivity contribution in [2.45, 2.75) is 44.1 Å². The molecule has 3 aliphatic rings. The molecule has 0 radical (unpaired) electrons. The predicted octanol–water partition coefficient (Wildman–Crippen LogP) is -0.425. The third-order valence-corrected chi connectivity index (χ3v) is 5.19. The van der Waals surface area contributed by atoms with Crippen LogP contribution < -0.4 is 11.1 Å². The standard InChI is InChI=1S/C15H22N4O4/c16-12(21)10-4-7-18(8-10)11(20)9-19-13(22)15(17-14(19)23)5-2-1-3-6-15/h10H,1-9H2,(H2,16,21)(H,17,23)/t10-/m0/s1. The minimum absolute atomic E-state index is 0.266. The van der Waals surface area contributed by atoms with Gasteiger partial charge in [0.25, 0.3) is 5.91 Å². The van der Waals surface area contributed by atoms with Crippen molar-refractivity contribution in [1.29, 1.82) is 0 Å². The summed E-state index contributed by atoms with van der Waals surface area (Å²) in [5.74, 6) is -1.37. The Hall–Kier alpha value is -2.12. The van der Waals surface area contributed by atoms with Gasteiger partial charge in [0.15, 0.2) is 0 Å². The molecule has 1 spiro atoms. The highest BCUT2D eigenvalue weighted by molar-refractivity contribution is 6.09. The number of primary amides is 1. The van der Waals surface area contributed by atoms with Crippen LogP contribution in [0.3, 0.4) is 0 Å². The van der Waals surface area contributed by atoms with Gasteiger partial charge < -0.3 is 16.0 Å². The molecular weight excluding hydrogens is 300 g/mol. The van der Waals surface area contributed by atoms with Crippen LogP contribution in [-0.2, 0) is 14.4 Å². The first kappa shape index (κ1) is 15.8. The normalized spacial score (nSPS) is 26.7. The van der Waals surface area contributed by atoms with Crippen molar-refractivity contribution in [3.63, 3.8) is 0 Å². The van der Waals surface area contributed by atoms with Gasteiger partial charge in [-0.05, 0) is 19.3 Å². The molecule has 1 saturated carbocycles. The van der Waals surface area contributed by atoms with Crippen LogP contribution in [0.25, 0.3) is 0 Å². The fourth-order valence-electron chi connectivity index (χ4n) is 3.77. The average Bonchev–Trinajstić information content (AvgIpc) is 3.09. The largest absolute Gasteiger partial charge is 0.369 e. The highest BCUT2D eigenvalue weighted by Gasteiger charge is 2.51. The number of carbonyl (C=O) groups excluding carboxylic acids is 4. The molecule has 1 atom stereocenters. The van der Waals surface area contributed by atoms with Gasteiger partial charge in [-0.2, -0.15) is 0 Å². The molecule has 8 heteroatoms. The molecule has 0 aromatic carbocycles. The van der Waals surface area contributed by atoms with Crippen LogP contribution in [-0.4, -0.2) is 58.7 Å². The number of nitrogens with two attached hydrogens (primary N) is 1. The Morgan fingerprint density at radius 3 is 2.52 bits per heavy atom. The average molecular weight is 322 g/mol. The molecule has 0 unspecified atom stereocenters. The smallest absolute Gasteiger partial charge is 0.325 e. The molecule has 2 saturated heterocycles. The summed E-state index contributed by atoms with van der Waals surface area (Å²) >= 11 is 0. The number of likely N-dealkylation sites (tertiary alicyclic amines) is 1. The highest BCUT2D eigenvalue weighted by atomic mass is 16.2. The molecule has 23 heavy (non-hydrogen) atoms. The van der Waals surface area contributed by atoms with Gasteiger partial charge in [0.1, 0.15) is 12.1 Å². The lowest BCUT2D eigenvalue weighted by Crippen LogP contribution is -2.49. The predicted molar refractivity (Wildman–Crippen MR) is 79.9 cm³/mol. The lowest BCUT2D eigenvalue weighted by atomic mass is 9.82. The van der Waals surface area contributed by atoms with E-state index in [1.807, 2.05) is 0 Å². The molecule has 5 amide bonds. The Morgan fingerprint density at radius 2 is 1.91 bits per heavy atom. The summed E-state index contributed by atoms with van der Waals surface area (Å²) in [7, 11) is 0. The topological polar surface area (TPSA) is 113 Å². The monoisotopic (exact) mass is 322 g/mol. The maximum absolute atomic E-state index is 12.6. The fraction of sp³-hybridized carbons (Fsp3) is 0.733. The number of hydrogen-bond donors (Lipinski definition) is 2. The van der Waals surface area contributed by atoms with Gasteiger partial charge in [-0.3, -0.25) is 19.3 Å². The van der Waals surface area contributed by atoms with Gasteiger partial charge >= 0.3 is 6.03 Å². The lowest BCUT2D eigenvalue weighted by molar-refractivity contribution is -0.139. The van der Waals surface area contributed by atoms with Crippen LogP contribution in [0.2, 0.25) is 0 Å². The number of nitrogens with one attached hydrogen (secondary N) is 1. The lowest BCUT2D eigenvalue weighted by Gasteiger charge is -2.30. The number of urea groups is 1. The van der Waals surface area contributed by atoms with Crippen LogP contribution in [0.15, 0.2) is 0 Å². The zero-order valence-electron chi connectivity index (χ0n) is 13.0. The summed E-state index contributed by atoms with van der Waals surface area (Å²) in [4.78, 5) is 50.8. The third-order valence-electron chi connectivity index (χ3n) is 5.19. The van der Waals surface area contributed by atoms with Crippen molar-refractivity contribution < 1.29 is 19.2 Å². The van der Waals surface area contributed by atoms with E-state index in [1.54, 1.807) is 0 Å². The van der Waals surface area contributed by atoms with Crippen LogP contribution in [0.1, 0.15) is 38.5 Å². The van der Waals surface area contributed by atoms with E-state index in [0.717, 1.165) is 24.2 Å². The minimum atomic E-state index is -0.809. The van der Waals surface area contributed by atoms with Gasteiger partial charge in [0, 0.05) is 13.1 Å². The molecule has 126 valence electrons. The van der Waals surface area contributed by atoms with E-state index >= 15 is 0 Å². The third kappa shape index (κ3) is 2.77. The van der Waals surface area contributed by atoms with Gasteiger partial charge in [-0.1, -0.05) is 19.3 Å². The second-order valence-electron chi connectivity index (χ2n) is 6.69. The zero-order valence-corrected chi connectivity index (χ0v) is 13.0. The maximum Gasteiger partial charge on any atom is 0.325 e. The van der Waals surface area contributed by atoms with Crippen LogP contribution in [0.5, 0.6) is 0 Å². The zero-order chi connectivity index (χ0) is 16.6. The van der Waals surface area contributed by atoms with E-state index in [2.05, 4.69) is 5.32 Å². The van der Waals surface area contributed by atoms with Crippen LogP contribution in [0, 0.1) is 5.92 Å². The van der Waals surface area contributed by atoms with Crippen LogP contribution in [0.4, 0.5) is 4.79 Å². The number of amides is 5. The van der Waals surface area contributed by atoms with E-state index < -0.39 is 17.5 Å². The van der Waals surface area contributed by atoms with Crippen molar-refractivity contribution >= 4 is 23.8 Å². The van der Waals surface area contributed by atoms with Crippen molar-refractivity contribution in [2.24, 2.45) is 11.7 Å².